The highest BCUT2D eigenvalue weighted by Crippen LogP contribution is 2.35. The van der Waals surface area contributed by atoms with Gasteiger partial charge in [0.05, 0.1) is 16.2 Å². The Balaban J connectivity index is 1.77. The van der Waals surface area contributed by atoms with Gasteiger partial charge in [-0.2, -0.15) is 0 Å². The average Bonchev–Trinajstić information content (AvgIpc) is 3.02. The van der Waals surface area contributed by atoms with Crippen LogP contribution in [0, 0.1) is 0 Å². The molecular formula is C14H16ClN3O2. The summed E-state index contributed by atoms with van der Waals surface area (Å²) in [7, 11) is 0. The van der Waals surface area contributed by atoms with Crippen LogP contribution in [-0.2, 0) is 9.59 Å². The van der Waals surface area contributed by atoms with Gasteiger partial charge in [-0.15, -0.1) is 0 Å². The van der Waals surface area contributed by atoms with Crippen LogP contribution in [0.2, 0.25) is 5.02 Å². The largest absolute Gasteiger partial charge is 0.324 e. The Morgan fingerprint density at radius 2 is 2.15 bits per heavy atom. The van der Waals surface area contributed by atoms with E-state index in [0.717, 1.165) is 6.42 Å². The number of nitrogens with zero attached hydrogens (tertiary/aromatic N) is 1. The number of rotatable bonds is 3. The van der Waals surface area contributed by atoms with Crippen molar-refractivity contribution in [3.05, 3.63) is 23.2 Å². The number of halogens is 1. The predicted octanol–water partition coefficient (Wildman–Crippen LogP) is 1.90. The zero-order valence-electron chi connectivity index (χ0n) is 11.0. The summed E-state index contributed by atoms with van der Waals surface area (Å²) < 4.78 is 0. The van der Waals surface area contributed by atoms with Crippen LogP contribution in [-0.4, -0.2) is 23.9 Å². The average molecular weight is 294 g/mol. The molecule has 5 nitrogen and oxygen atoms in total. The zero-order chi connectivity index (χ0) is 14.3. The van der Waals surface area contributed by atoms with E-state index in [2.05, 4.69) is 5.32 Å². The number of benzene rings is 1. The minimum atomic E-state index is -0.712. The molecule has 2 aliphatic rings. The maximum Gasteiger partial charge on any atom is 0.244 e. The predicted molar refractivity (Wildman–Crippen MR) is 77.8 cm³/mol. The highest BCUT2D eigenvalue weighted by atomic mass is 35.5. The van der Waals surface area contributed by atoms with Crippen molar-refractivity contribution in [2.45, 2.75) is 31.2 Å². The zero-order valence-corrected chi connectivity index (χ0v) is 11.7. The van der Waals surface area contributed by atoms with Crippen LogP contribution in [0.3, 0.4) is 0 Å². The van der Waals surface area contributed by atoms with Gasteiger partial charge in [-0.05, 0) is 37.5 Å². The van der Waals surface area contributed by atoms with E-state index in [1.807, 2.05) is 0 Å². The smallest absolute Gasteiger partial charge is 0.244 e. The Bertz CT molecular complexity index is 584. The molecule has 1 aromatic rings. The molecule has 1 heterocycles. The van der Waals surface area contributed by atoms with E-state index in [1.165, 1.54) is 0 Å². The molecule has 6 heteroatoms. The molecule has 0 spiro atoms. The van der Waals surface area contributed by atoms with E-state index in [1.54, 1.807) is 23.1 Å². The normalized spacial score (nSPS) is 20.1. The molecule has 0 unspecified atom stereocenters. The molecule has 2 amide bonds. The lowest BCUT2D eigenvalue weighted by atomic mass is 10.2. The lowest BCUT2D eigenvalue weighted by Gasteiger charge is -2.18. The fraction of sp³-hybridized carbons (Fsp3) is 0.429. The molecular weight excluding hydrogens is 278 g/mol. The number of hydrogen-bond donors (Lipinski definition) is 2. The molecule has 1 saturated heterocycles. The maximum absolute atomic E-state index is 11.9. The molecule has 3 N–H and O–H groups in total. The molecule has 1 aliphatic carbocycles. The standard InChI is InChI=1S/C14H16ClN3O2/c15-10-8-9(17-13(20)14(16)5-6-14)3-4-11(10)18-7-1-2-12(18)19/h3-4,8H,1-2,5-7,16H2,(H,17,20). The topological polar surface area (TPSA) is 75.4 Å². The first-order chi connectivity index (χ1) is 9.49. The molecule has 0 atom stereocenters. The minimum Gasteiger partial charge on any atom is -0.324 e. The molecule has 0 aromatic heterocycles. The number of carbonyl (C=O) groups is 2. The molecule has 0 radical (unpaired) electrons. The van der Waals surface area contributed by atoms with E-state index in [4.69, 9.17) is 17.3 Å². The highest BCUT2D eigenvalue weighted by Gasteiger charge is 2.45. The van der Waals surface area contributed by atoms with E-state index in [9.17, 15) is 9.59 Å². The van der Waals surface area contributed by atoms with Gasteiger partial charge in [0.25, 0.3) is 0 Å². The molecule has 106 valence electrons. The second kappa shape index (κ2) is 4.75. The number of nitrogens with one attached hydrogen (secondary N) is 1. The van der Waals surface area contributed by atoms with Crippen molar-refractivity contribution in [3.8, 4) is 0 Å². The molecule has 0 bridgehead atoms. The van der Waals surface area contributed by atoms with Crippen molar-refractivity contribution in [3.63, 3.8) is 0 Å². The van der Waals surface area contributed by atoms with Crippen molar-refractivity contribution in [1.82, 2.24) is 0 Å². The van der Waals surface area contributed by atoms with Crippen molar-refractivity contribution in [1.29, 1.82) is 0 Å². The van der Waals surface area contributed by atoms with Gasteiger partial charge in [0, 0.05) is 18.7 Å². The summed E-state index contributed by atoms with van der Waals surface area (Å²) in [6.07, 6.45) is 2.84. The van der Waals surface area contributed by atoms with Crippen molar-refractivity contribution in [2.24, 2.45) is 5.73 Å². The molecule has 1 saturated carbocycles. The number of anilines is 2. The summed E-state index contributed by atoms with van der Waals surface area (Å²) in [4.78, 5) is 25.2. The maximum atomic E-state index is 11.9. The second-order valence-corrected chi connectivity index (χ2v) is 5.83. The Morgan fingerprint density at radius 1 is 1.40 bits per heavy atom. The number of nitrogens with two attached hydrogens (primary N) is 1. The van der Waals surface area contributed by atoms with Gasteiger partial charge < -0.3 is 16.0 Å². The first kappa shape index (κ1) is 13.4. The summed E-state index contributed by atoms with van der Waals surface area (Å²) in [6.45, 7) is 0.691. The quantitative estimate of drug-likeness (QED) is 0.894. The van der Waals surface area contributed by atoms with Gasteiger partial charge in [0.2, 0.25) is 11.8 Å². The van der Waals surface area contributed by atoms with Gasteiger partial charge in [-0.25, -0.2) is 0 Å². The lowest BCUT2D eigenvalue weighted by Crippen LogP contribution is -2.37. The summed E-state index contributed by atoms with van der Waals surface area (Å²) in [6, 6.07) is 5.17. The molecule has 1 aromatic carbocycles. The Kier molecular flexibility index (Phi) is 3.18. The van der Waals surface area contributed by atoms with E-state index >= 15 is 0 Å². The van der Waals surface area contributed by atoms with Crippen molar-refractivity contribution < 1.29 is 9.59 Å². The fourth-order valence-corrected chi connectivity index (χ4v) is 2.61. The van der Waals surface area contributed by atoms with Crippen LogP contribution in [0.15, 0.2) is 18.2 Å². The fourth-order valence-electron chi connectivity index (χ4n) is 2.32. The van der Waals surface area contributed by atoms with Gasteiger partial charge in [0.15, 0.2) is 0 Å². The monoisotopic (exact) mass is 293 g/mol. The third kappa shape index (κ3) is 2.39. The first-order valence-electron chi connectivity index (χ1n) is 6.70. The van der Waals surface area contributed by atoms with E-state index < -0.39 is 5.54 Å². The Hall–Kier alpha value is -1.59. The molecule has 3 rings (SSSR count). The second-order valence-electron chi connectivity index (χ2n) is 5.43. The third-order valence-electron chi connectivity index (χ3n) is 3.81. The van der Waals surface area contributed by atoms with Gasteiger partial charge in [-0.3, -0.25) is 9.59 Å². The molecule has 2 fully saturated rings. The summed E-state index contributed by atoms with van der Waals surface area (Å²) in [5, 5.41) is 3.22. The number of amides is 2. The minimum absolute atomic E-state index is 0.0857. The lowest BCUT2D eigenvalue weighted by molar-refractivity contribution is -0.118. The molecule has 20 heavy (non-hydrogen) atoms. The van der Waals surface area contributed by atoms with Crippen molar-refractivity contribution in [2.75, 3.05) is 16.8 Å². The number of carbonyl (C=O) groups excluding carboxylic acids is 2. The van der Waals surface area contributed by atoms with Crippen LogP contribution in [0.5, 0.6) is 0 Å². The van der Waals surface area contributed by atoms with Crippen LogP contribution in [0.25, 0.3) is 0 Å². The highest BCUT2D eigenvalue weighted by molar-refractivity contribution is 6.34. The first-order valence-corrected chi connectivity index (χ1v) is 7.08. The Labute approximate surface area is 122 Å². The van der Waals surface area contributed by atoms with E-state index in [0.29, 0.717) is 42.2 Å². The Morgan fingerprint density at radius 3 is 2.70 bits per heavy atom. The van der Waals surface area contributed by atoms with Gasteiger partial charge >= 0.3 is 0 Å². The summed E-state index contributed by atoms with van der Waals surface area (Å²) in [5.41, 5.74) is 6.41. The third-order valence-corrected chi connectivity index (χ3v) is 4.11. The van der Waals surface area contributed by atoms with Crippen LogP contribution in [0.4, 0.5) is 11.4 Å². The van der Waals surface area contributed by atoms with Gasteiger partial charge in [0.1, 0.15) is 0 Å². The van der Waals surface area contributed by atoms with Crippen LogP contribution >= 0.6 is 11.6 Å². The van der Waals surface area contributed by atoms with Crippen molar-refractivity contribution >= 4 is 34.8 Å². The number of hydrogen-bond acceptors (Lipinski definition) is 3. The summed E-state index contributed by atoms with van der Waals surface area (Å²) in [5.74, 6) is -0.0962. The molecule has 1 aliphatic heterocycles. The SMILES string of the molecule is NC1(C(=O)Nc2ccc(N3CCCC3=O)c(Cl)c2)CC1. The van der Waals surface area contributed by atoms with E-state index in [-0.39, 0.29) is 11.8 Å². The van der Waals surface area contributed by atoms with Crippen LogP contribution < -0.4 is 16.0 Å². The summed E-state index contributed by atoms with van der Waals surface area (Å²) >= 11 is 6.21. The van der Waals surface area contributed by atoms with Gasteiger partial charge in [-0.1, -0.05) is 11.6 Å². The van der Waals surface area contributed by atoms with Crippen LogP contribution in [0.1, 0.15) is 25.7 Å².